The molecule has 6 rings (SSSR count). The molecule has 0 unspecified atom stereocenters. The van der Waals surface area contributed by atoms with Gasteiger partial charge in [-0.15, -0.1) is 0 Å². The molecule has 0 N–H and O–H groups in total. The van der Waals surface area contributed by atoms with Gasteiger partial charge < -0.3 is 9.32 Å². The standard InChI is InChI=1S/C22H28N2O2/c1-14-7-18(14)19-3-4-20(26-19)21(25)24(6-2-5-23)22-11-15-8-16(12-22)10-17(9-15)13-22/h3-4,14-18H,2,6-13H2,1H3/t14-,15?,16?,17?,18+,22?/m1/s1. The summed E-state index contributed by atoms with van der Waals surface area (Å²) in [4.78, 5) is 15.5. The number of carbonyl (C=O) groups is 1. The first kappa shape index (κ1) is 16.4. The molecule has 0 aromatic carbocycles. The maximum Gasteiger partial charge on any atom is 0.290 e. The van der Waals surface area contributed by atoms with Gasteiger partial charge in [0.15, 0.2) is 5.76 Å². The van der Waals surface area contributed by atoms with E-state index in [9.17, 15) is 4.79 Å². The Kier molecular flexibility index (Phi) is 3.71. The van der Waals surface area contributed by atoms with Gasteiger partial charge in [0.05, 0.1) is 12.5 Å². The lowest BCUT2D eigenvalue weighted by atomic mass is 9.52. The highest BCUT2D eigenvalue weighted by Gasteiger charge is 2.55. The number of hydrogen-bond donors (Lipinski definition) is 0. The van der Waals surface area contributed by atoms with Crippen LogP contribution < -0.4 is 0 Å². The van der Waals surface area contributed by atoms with Gasteiger partial charge in [-0.3, -0.25) is 4.79 Å². The maximum atomic E-state index is 13.4. The maximum absolute atomic E-state index is 13.4. The van der Waals surface area contributed by atoms with E-state index in [-0.39, 0.29) is 11.4 Å². The van der Waals surface area contributed by atoms with Crippen molar-refractivity contribution >= 4 is 5.91 Å². The van der Waals surface area contributed by atoms with Crippen molar-refractivity contribution in [3.63, 3.8) is 0 Å². The van der Waals surface area contributed by atoms with E-state index in [0.29, 0.717) is 30.6 Å². The average Bonchev–Trinajstić information content (AvgIpc) is 3.13. The molecular formula is C22H28N2O2. The Morgan fingerprint density at radius 2 is 1.81 bits per heavy atom. The molecule has 4 bridgehead atoms. The monoisotopic (exact) mass is 352 g/mol. The zero-order chi connectivity index (χ0) is 17.9. The summed E-state index contributed by atoms with van der Waals surface area (Å²) >= 11 is 0. The van der Waals surface area contributed by atoms with Gasteiger partial charge in [-0.2, -0.15) is 5.26 Å². The molecule has 5 fully saturated rings. The van der Waals surface area contributed by atoms with Crippen LogP contribution in [0.2, 0.25) is 0 Å². The molecule has 138 valence electrons. The van der Waals surface area contributed by atoms with Crippen molar-refractivity contribution in [2.75, 3.05) is 6.54 Å². The van der Waals surface area contributed by atoms with Crippen molar-refractivity contribution in [1.82, 2.24) is 4.90 Å². The quantitative estimate of drug-likeness (QED) is 0.770. The Labute approximate surface area is 155 Å². The van der Waals surface area contributed by atoms with Gasteiger partial charge in [-0.1, -0.05) is 6.92 Å². The van der Waals surface area contributed by atoms with Crippen LogP contribution in [0.15, 0.2) is 16.5 Å². The molecule has 26 heavy (non-hydrogen) atoms. The molecule has 1 aromatic rings. The number of furan rings is 1. The summed E-state index contributed by atoms with van der Waals surface area (Å²) in [5.41, 5.74) is -0.0253. The number of nitriles is 1. The zero-order valence-electron chi connectivity index (χ0n) is 15.6. The summed E-state index contributed by atoms with van der Waals surface area (Å²) < 4.78 is 5.99. The van der Waals surface area contributed by atoms with Gasteiger partial charge in [0, 0.05) is 18.0 Å². The minimum atomic E-state index is -0.0253. The Morgan fingerprint density at radius 3 is 2.35 bits per heavy atom. The number of rotatable bonds is 5. The highest BCUT2D eigenvalue weighted by atomic mass is 16.4. The summed E-state index contributed by atoms with van der Waals surface area (Å²) in [6.07, 6.45) is 9.00. The van der Waals surface area contributed by atoms with Crippen LogP contribution in [0.25, 0.3) is 0 Å². The molecule has 0 aliphatic heterocycles. The first-order valence-electron chi connectivity index (χ1n) is 10.4. The molecule has 0 radical (unpaired) electrons. The molecule has 0 spiro atoms. The minimum Gasteiger partial charge on any atom is -0.456 e. The van der Waals surface area contributed by atoms with Crippen molar-refractivity contribution in [3.8, 4) is 6.07 Å². The number of hydrogen-bond acceptors (Lipinski definition) is 3. The highest BCUT2D eigenvalue weighted by molar-refractivity contribution is 5.92. The van der Waals surface area contributed by atoms with Crippen LogP contribution in [-0.4, -0.2) is 22.9 Å². The molecule has 1 amide bonds. The lowest BCUT2D eigenvalue weighted by Crippen LogP contribution is -2.61. The minimum absolute atomic E-state index is 0.0155. The van der Waals surface area contributed by atoms with Crippen LogP contribution in [0.4, 0.5) is 0 Å². The summed E-state index contributed by atoms with van der Waals surface area (Å²) in [5, 5.41) is 9.15. The third-order valence-corrected chi connectivity index (χ3v) is 7.58. The largest absolute Gasteiger partial charge is 0.456 e. The van der Waals surface area contributed by atoms with Gasteiger partial charge in [0.1, 0.15) is 5.76 Å². The van der Waals surface area contributed by atoms with Crippen LogP contribution in [0.1, 0.15) is 80.5 Å². The second-order valence-corrected chi connectivity index (χ2v) is 9.53. The summed E-state index contributed by atoms with van der Waals surface area (Å²) in [5.74, 6) is 4.95. The summed E-state index contributed by atoms with van der Waals surface area (Å²) in [6, 6.07) is 6.10. The van der Waals surface area contributed by atoms with Crippen molar-refractivity contribution in [2.45, 2.75) is 69.7 Å². The third-order valence-electron chi connectivity index (χ3n) is 7.58. The predicted octanol–water partition coefficient (Wildman–Crippen LogP) is 4.73. The van der Waals surface area contributed by atoms with Gasteiger partial charge in [-0.25, -0.2) is 0 Å². The molecule has 5 aliphatic carbocycles. The molecule has 4 heteroatoms. The van der Waals surface area contributed by atoms with Crippen molar-refractivity contribution in [3.05, 3.63) is 23.7 Å². The highest BCUT2D eigenvalue weighted by Crippen LogP contribution is 2.58. The lowest BCUT2D eigenvalue weighted by molar-refractivity contribution is -0.0748. The molecule has 2 atom stereocenters. The van der Waals surface area contributed by atoms with E-state index in [4.69, 9.17) is 9.68 Å². The summed E-state index contributed by atoms with van der Waals surface area (Å²) in [6.45, 7) is 2.76. The predicted molar refractivity (Wildman–Crippen MR) is 97.4 cm³/mol. The van der Waals surface area contributed by atoms with E-state index in [1.54, 1.807) is 0 Å². The Bertz CT molecular complexity index is 723. The summed E-state index contributed by atoms with van der Waals surface area (Å²) in [7, 11) is 0. The van der Waals surface area contributed by atoms with Crippen LogP contribution in [0.3, 0.4) is 0 Å². The van der Waals surface area contributed by atoms with Crippen LogP contribution >= 0.6 is 0 Å². The molecule has 4 nitrogen and oxygen atoms in total. The van der Waals surface area contributed by atoms with E-state index in [0.717, 1.165) is 49.2 Å². The van der Waals surface area contributed by atoms with E-state index >= 15 is 0 Å². The van der Waals surface area contributed by atoms with E-state index in [2.05, 4.69) is 17.9 Å². The lowest BCUT2D eigenvalue weighted by Gasteiger charge is -2.60. The number of nitrogens with zero attached hydrogens (tertiary/aromatic N) is 2. The third kappa shape index (κ3) is 2.59. The second-order valence-electron chi connectivity index (χ2n) is 9.53. The fraction of sp³-hybridized carbons (Fsp3) is 0.727. The van der Waals surface area contributed by atoms with Gasteiger partial charge in [0.25, 0.3) is 5.91 Å². The first-order valence-corrected chi connectivity index (χ1v) is 10.4. The van der Waals surface area contributed by atoms with Crippen molar-refractivity contribution < 1.29 is 9.21 Å². The van der Waals surface area contributed by atoms with Gasteiger partial charge in [-0.05, 0) is 80.8 Å². The number of carbonyl (C=O) groups excluding carboxylic acids is 1. The van der Waals surface area contributed by atoms with Gasteiger partial charge >= 0.3 is 0 Å². The van der Waals surface area contributed by atoms with Crippen LogP contribution in [0.5, 0.6) is 0 Å². The molecule has 5 aliphatic rings. The zero-order valence-corrected chi connectivity index (χ0v) is 15.6. The fourth-order valence-corrected chi connectivity index (χ4v) is 6.63. The SMILES string of the molecule is C[C@@H]1C[C@@H]1c1ccc(C(=O)N(CCC#N)C23CC4CC(CC(C4)C2)C3)o1. The topological polar surface area (TPSA) is 57.2 Å². The van der Waals surface area contributed by atoms with Crippen LogP contribution in [-0.2, 0) is 0 Å². The van der Waals surface area contributed by atoms with E-state index in [1.807, 2.05) is 12.1 Å². The van der Waals surface area contributed by atoms with Crippen LogP contribution in [0, 0.1) is 35.0 Å². The Hall–Kier alpha value is -1.76. The van der Waals surface area contributed by atoms with Crippen molar-refractivity contribution in [2.24, 2.45) is 23.7 Å². The molecule has 1 aromatic heterocycles. The Morgan fingerprint density at radius 1 is 1.19 bits per heavy atom. The van der Waals surface area contributed by atoms with E-state index in [1.165, 1.54) is 19.3 Å². The molecule has 1 heterocycles. The fourth-order valence-electron chi connectivity index (χ4n) is 6.63. The van der Waals surface area contributed by atoms with Gasteiger partial charge in [0.2, 0.25) is 0 Å². The average molecular weight is 352 g/mol. The first-order chi connectivity index (χ1) is 12.6. The smallest absolute Gasteiger partial charge is 0.290 e. The van der Waals surface area contributed by atoms with E-state index < -0.39 is 0 Å². The normalized spacial score (nSPS) is 39.6. The number of amides is 1. The second kappa shape index (κ2) is 5.87. The van der Waals surface area contributed by atoms with Crippen molar-refractivity contribution in [1.29, 1.82) is 5.26 Å². The molecule has 5 saturated carbocycles. The molecule has 0 saturated heterocycles. The Balaban J connectivity index is 1.43. The molecular weight excluding hydrogens is 324 g/mol.